The third-order valence-corrected chi connectivity index (χ3v) is 7.62. The average Bonchev–Trinajstić information content (AvgIpc) is 3.28. The van der Waals surface area contributed by atoms with Gasteiger partial charge in [0.05, 0.1) is 35.1 Å². The zero-order valence-corrected chi connectivity index (χ0v) is 19.7. The van der Waals surface area contributed by atoms with Crippen LogP contribution in [0.3, 0.4) is 0 Å². The first-order chi connectivity index (χ1) is 15.3. The predicted octanol–water partition coefficient (Wildman–Crippen LogP) is 4.64. The Bertz CT molecular complexity index is 1240. The van der Waals surface area contributed by atoms with Gasteiger partial charge in [0.2, 0.25) is 0 Å². The van der Waals surface area contributed by atoms with Crippen LogP contribution >= 0.6 is 23.7 Å². The van der Waals surface area contributed by atoms with Crippen LogP contribution < -0.4 is 9.44 Å². The van der Waals surface area contributed by atoms with Gasteiger partial charge in [-0.15, -0.1) is 0 Å². The molecule has 0 unspecified atom stereocenters. The molecule has 0 radical (unpaired) electrons. The number of benzene rings is 2. The summed E-state index contributed by atoms with van der Waals surface area (Å²) >= 11 is 7.42. The van der Waals surface area contributed by atoms with Gasteiger partial charge in [0.25, 0.3) is 15.9 Å². The van der Waals surface area contributed by atoms with Crippen molar-refractivity contribution in [3.63, 3.8) is 0 Å². The number of hydrogen-bond acceptors (Lipinski definition) is 6. The molecule has 10 heteroatoms. The maximum atomic E-state index is 13.4. The monoisotopic (exact) mass is 488 g/mol. The molecule has 2 aromatic rings. The molecule has 4 rings (SSSR count). The summed E-state index contributed by atoms with van der Waals surface area (Å²) in [6, 6.07) is 13.9. The summed E-state index contributed by atoms with van der Waals surface area (Å²) in [7, 11) is -2.30. The first-order valence-corrected chi connectivity index (χ1v) is 12.4. The van der Waals surface area contributed by atoms with Gasteiger partial charge in [-0.2, -0.15) is 0 Å². The fourth-order valence-corrected chi connectivity index (χ4v) is 5.52. The number of amides is 1. The van der Waals surface area contributed by atoms with E-state index in [0.29, 0.717) is 10.7 Å². The van der Waals surface area contributed by atoms with Crippen molar-refractivity contribution in [2.75, 3.05) is 11.8 Å². The minimum atomic E-state index is -3.97. The number of carbonyl (C=O) groups is 1. The van der Waals surface area contributed by atoms with Crippen molar-refractivity contribution in [1.82, 2.24) is 13.9 Å². The number of anilines is 1. The fraction of sp³-hybridized carbons (Fsp3) is 0.136. The molecule has 0 aliphatic carbocycles. The van der Waals surface area contributed by atoms with Gasteiger partial charge in [0.1, 0.15) is 4.91 Å². The van der Waals surface area contributed by atoms with Crippen molar-refractivity contribution in [3.05, 3.63) is 99.8 Å². The van der Waals surface area contributed by atoms with Crippen LogP contribution in [0.15, 0.2) is 83.7 Å². The molecule has 2 N–H and O–H groups in total. The Morgan fingerprint density at radius 1 is 1.22 bits per heavy atom. The topological polar surface area (TPSA) is 81.8 Å². The van der Waals surface area contributed by atoms with Crippen LogP contribution in [0.5, 0.6) is 0 Å². The summed E-state index contributed by atoms with van der Waals surface area (Å²) in [5.41, 5.74) is 1.79. The molecule has 1 amide bonds. The molecule has 2 aromatic carbocycles. The minimum absolute atomic E-state index is 0.0943. The second-order valence-electron chi connectivity index (χ2n) is 7.24. The molecule has 0 fully saturated rings. The number of sulfonamides is 1. The summed E-state index contributed by atoms with van der Waals surface area (Å²) < 4.78 is 33.6. The van der Waals surface area contributed by atoms with E-state index in [1.54, 1.807) is 40.8 Å². The third kappa shape index (κ3) is 4.36. The summed E-state index contributed by atoms with van der Waals surface area (Å²) in [5.74, 6) is -0.349. The van der Waals surface area contributed by atoms with Crippen LogP contribution in [-0.2, 0) is 10.0 Å². The summed E-state index contributed by atoms with van der Waals surface area (Å²) in [5, 5.41) is 0.335. The number of halogens is 1. The van der Waals surface area contributed by atoms with E-state index in [0.717, 1.165) is 5.56 Å². The van der Waals surface area contributed by atoms with Crippen molar-refractivity contribution in [2.45, 2.75) is 13.0 Å². The highest BCUT2D eigenvalue weighted by molar-refractivity contribution is 7.97. The van der Waals surface area contributed by atoms with E-state index in [1.807, 2.05) is 37.3 Å². The molecule has 0 saturated carbocycles. The van der Waals surface area contributed by atoms with E-state index in [9.17, 15) is 13.2 Å². The Kier molecular flexibility index (Phi) is 6.23. The van der Waals surface area contributed by atoms with Crippen molar-refractivity contribution in [1.29, 1.82) is 0 Å². The second kappa shape index (κ2) is 8.93. The summed E-state index contributed by atoms with van der Waals surface area (Å²) in [6.45, 7) is 1.91. The van der Waals surface area contributed by atoms with Gasteiger partial charge in [0.15, 0.2) is 0 Å². The lowest BCUT2D eigenvalue weighted by molar-refractivity contribution is 0.0743. The van der Waals surface area contributed by atoms with Gasteiger partial charge >= 0.3 is 0 Å². The number of carbonyl (C=O) groups excluding carboxylic acids is 1. The maximum Gasteiger partial charge on any atom is 0.264 e. The molecular formula is C22H21ClN4O3S2. The molecule has 0 bridgehead atoms. The van der Waals surface area contributed by atoms with E-state index >= 15 is 0 Å². The Morgan fingerprint density at radius 3 is 2.72 bits per heavy atom. The average molecular weight is 489 g/mol. The number of nitrogens with zero attached hydrogens (tertiary/aromatic N) is 2. The molecular weight excluding hydrogens is 468 g/mol. The van der Waals surface area contributed by atoms with Crippen molar-refractivity contribution < 1.29 is 13.2 Å². The van der Waals surface area contributed by atoms with Crippen molar-refractivity contribution >= 4 is 45.4 Å². The molecule has 2 aliphatic heterocycles. The van der Waals surface area contributed by atoms with Crippen molar-refractivity contribution in [3.8, 4) is 0 Å². The van der Waals surface area contributed by atoms with Crippen LogP contribution in [0.25, 0.3) is 0 Å². The van der Waals surface area contributed by atoms with Gasteiger partial charge in [-0.05, 0) is 42.8 Å². The summed E-state index contributed by atoms with van der Waals surface area (Å²) in [6.07, 6.45) is 6.53. The van der Waals surface area contributed by atoms with Crippen LogP contribution in [0.4, 0.5) is 5.69 Å². The van der Waals surface area contributed by atoms with E-state index in [1.165, 1.54) is 30.3 Å². The molecule has 0 saturated heterocycles. The number of hydrogen-bond donors (Lipinski definition) is 2. The Hall–Kier alpha value is -2.88. The molecule has 166 valence electrons. The highest BCUT2D eigenvalue weighted by Crippen LogP contribution is 2.35. The predicted molar refractivity (Wildman–Crippen MR) is 129 cm³/mol. The first-order valence-electron chi connectivity index (χ1n) is 9.73. The van der Waals surface area contributed by atoms with Crippen LogP contribution in [0.2, 0.25) is 5.02 Å². The summed E-state index contributed by atoms with van der Waals surface area (Å²) in [4.78, 5) is 15.0. The lowest BCUT2D eigenvalue weighted by Crippen LogP contribution is -2.31. The molecule has 1 atom stereocenters. The number of nitrogens with one attached hydrogen (secondary N) is 2. The van der Waals surface area contributed by atoms with Gasteiger partial charge in [-0.1, -0.05) is 41.9 Å². The Labute approximate surface area is 196 Å². The molecule has 2 aliphatic rings. The molecule has 7 nitrogen and oxygen atoms in total. The van der Waals surface area contributed by atoms with Crippen molar-refractivity contribution in [2.24, 2.45) is 0 Å². The zero-order valence-electron chi connectivity index (χ0n) is 17.3. The molecule has 2 heterocycles. The fourth-order valence-electron chi connectivity index (χ4n) is 3.37. The minimum Gasteiger partial charge on any atom is -0.335 e. The SMILES string of the molecule is C[C@H](c1ccccc1)N(C)C(=O)c1cc(Cl)ccc1NS(=O)(=O)C1=CC=CN2SNC=C12. The molecule has 0 aromatic heterocycles. The highest BCUT2D eigenvalue weighted by Gasteiger charge is 2.31. The Balaban J connectivity index is 1.65. The Morgan fingerprint density at radius 2 is 1.97 bits per heavy atom. The normalized spacial score (nSPS) is 15.9. The van der Waals surface area contributed by atoms with E-state index in [4.69, 9.17) is 11.6 Å². The quantitative estimate of drug-likeness (QED) is 0.577. The van der Waals surface area contributed by atoms with E-state index in [-0.39, 0.29) is 28.1 Å². The zero-order chi connectivity index (χ0) is 22.9. The van der Waals surface area contributed by atoms with Crippen LogP contribution in [0, 0.1) is 0 Å². The second-order valence-corrected chi connectivity index (χ2v) is 10.1. The van der Waals surface area contributed by atoms with E-state index < -0.39 is 10.0 Å². The van der Waals surface area contributed by atoms with Gasteiger partial charge < -0.3 is 9.62 Å². The van der Waals surface area contributed by atoms with Gasteiger partial charge in [-0.3, -0.25) is 13.8 Å². The molecule has 32 heavy (non-hydrogen) atoms. The van der Waals surface area contributed by atoms with E-state index in [2.05, 4.69) is 9.44 Å². The molecule has 0 spiro atoms. The van der Waals surface area contributed by atoms with Gasteiger partial charge in [0, 0.05) is 24.5 Å². The number of allylic oxidation sites excluding steroid dienone is 2. The standard InChI is InChI=1S/C22H21ClN4O3S2/c1-15(16-7-4-3-5-8-16)26(2)22(28)18-13-17(23)10-11-19(18)25-32(29,30)21-9-6-12-27-20(21)14-24-31-27/h3-15,24-25H,1-2H3/t15-/m1/s1. The number of rotatable bonds is 6. The van der Waals surface area contributed by atoms with Crippen LogP contribution in [0.1, 0.15) is 28.9 Å². The lowest BCUT2D eigenvalue weighted by Gasteiger charge is -2.27. The maximum absolute atomic E-state index is 13.4. The first kappa shape index (κ1) is 22.3. The lowest BCUT2D eigenvalue weighted by atomic mass is 10.1. The highest BCUT2D eigenvalue weighted by atomic mass is 35.5. The largest absolute Gasteiger partial charge is 0.335 e. The number of fused-ring (bicyclic) bond motifs is 1. The smallest absolute Gasteiger partial charge is 0.264 e. The van der Waals surface area contributed by atoms with Gasteiger partial charge in [-0.25, -0.2) is 8.42 Å². The third-order valence-electron chi connectivity index (χ3n) is 5.23. The van der Waals surface area contributed by atoms with Crippen LogP contribution in [-0.4, -0.2) is 30.6 Å².